The highest BCUT2D eigenvalue weighted by Gasteiger charge is 2.18. The van der Waals surface area contributed by atoms with E-state index in [-0.39, 0.29) is 38.7 Å². The molecule has 0 radical (unpaired) electrons. The Kier molecular flexibility index (Phi) is 8.79. The number of hydrogen-bond donors (Lipinski definition) is 1. The first-order chi connectivity index (χ1) is 14.9. The van der Waals surface area contributed by atoms with Gasteiger partial charge < -0.3 is 14.4 Å². The molecule has 2 aromatic rings. The Labute approximate surface area is 178 Å². The summed E-state index contributed by atoms with van der Waals surface area (Å²) in [5.74, 6) is 1.09. The van der Waals surface area contributed by atoms with Gasteiger partial charge in [-0.1, -0.05) is 36.3 Å². The zero-order chi connectivity index (χ0) is 22.6. The van der Waals surface area contributed by atoms with Crippen LogP contribution >= 0.6 is 0 Å². The van der Waals surface area contributed by atoms with Gasteiger partial charge >= 0.3 is 17.8 Å². The van der Waals surface area contributed by atoms with Crippen LogP contribution in [0.5, 0.6) is 0 Å². The smallest absolute Gasteiger partial charge is 0.413 e. The third-order valence-corrected chi connectivity index (χ3v) is 3.88. The van der Waals surface area contributed by atoms with Crippen molar-refractivity contribution in [1.29, 1.82) is 0 Å². The third kappa shape index (κ3) is 7.66. The number of nitrogens with zero attached hydrogens (tertiary/aromatic N) is 3. The Balaban J connectivity index is 1.95. The van der Waals surface area contributed by atoms with E-state index in [4.69, 9.17) is 15.9 Å². The minimum atomic E-state index is -0.779. The molecule has 0 fully saturated rings. The number of nitrogens with one attached hydrogen (secondary N) is 1. The van der Waals surface area contributed by atoms with E-state index < -0.39 is 23.7 Å². The van der Waals surface area contributed by atoms with Crippen LogP contribution in [0.15, 0.2) is 47.4 Å². The van der Waals surface area contributed by atoms with Crippen molar-refractivity contribution in [3.8, 4) is 12.3 Å². The standard InChI is InChI=1S/C21H22N4O6/c1-3-11-24(14-19(27)30-4-2)18(26)13-25-12-10-17(22-20(25)28)23-21(29)31-15-16-8-6-5-7-9-16/h1,5-10,12H,4,11,13-15H2,2H3,(H,22,23,28,29). The average Bonchev–Trinajstić information content (AvgIpc) is 2.75. The molecule has 2 amide bonds. The van der Waals surface area contributed by atoms with E-state index in [0.29, 0.717) is 0 Å². The first kappa shape index (κ1) is 23.2. The number of terminal acetylenes is 1. The summed E-state index contributed by atoms with van der Waals surface area (Å²) in [6.45, 7) is 1.04. The quantitative estimate of drug-likeness (QED) is 0.469. The summed E-state index contributed by atoms with van der Waals surface area (Å²) in [6, 6.07) is 10.4. The van der Waals surface area contributed by atoms with Crippen molar-refractivity contribution in [2.75, 3.05) is 25.0 Å². The Morgan fingerprint density at radius 2 is 1.94 bits per heavy atom. The minimum Gasteiger partial charge on any atom is -0.465 e. The lowest BCUT2D eigenvalue weighted by molar-refractivity contribution is -0.148. The third-order valence-electron chi connectivity index (χ3n) is 3.88. The largest absolute Gasteiger partial charge is 0.465 e. The number of hydrogen-bond acceptors (Lipinski definition) is 7. The average molecular weight is 426 g/mol. The van der Waals surface area contributed by atoms with Gasteiger partial charge in [0.15, 0.2) is 0 Å². The van der Waals surface area contributed by atoms with E-state index in [1.807, 2.05) is 18.2 Å². The molecule has 0 unspecified atom stereocenters. The van der Waals surface area contributed by atoms with E-state index in [2.05, 4.69) is 16.2 Å². The second kappa shape index (κ2) is 11.8. The zero-order valence-electron chi connectivity index (χ0n) is 16.9. The highest BCUT2D eigenvalue weighted by atomic mass is 16.5. The van der Waals surface area contributed by atoms with Gasteiger partial charge in [-0.2, -0.15) is 4.98 Å². The highest BCUT2D eigenvalue weighted by Crippen LogP contribution is 2.04. The monoisotopic (exact) mass is 426 g/mol. The number of carbonyl (C=O) groups excluding carboxylic acids is 3. The molecule has 10 nitrogen and oxygen atoms in total. The molecule has 0 bridgehead atoms. The molecule has 31 heavy (non-hydrogen) atoms. The first-order valence-corrected chi connectivity index (χ1v) is 9.35. The van der Waals surface area contributed by atoms with Crippen molar-refractivity contribution < 1.29 is 23.9 Å². The number of carbonyl (C=O) groups is 3. The fourth-order valence-corrected chi connectivity index (χ4v) is 2.43. The molecular weight excluding hydrogens is 404 g/mol. The molecule has 0 saturated carbocycles. The number of rotatable bonds is 9. The molecular formula is C21H22N4O6. The van der Waals surface area contributed by atoms with Crippen LogP contribution in [-0.4, -0.2) is 52.1 Å². The highest BCUT2D eigenvalue weighted by molar-refractivity contribution is 5.83. The lowest BCUT2D eigenvalue weighted by atomic mass is 10.2. The van der Waals surface area contributed by atoms with Gasteiger partial charge in [0, 0.05) is 6.20 Å². The van der Waals surface area contributed by atoms with Crippen LogP contribution in [0, 0.1) is 12.3 Å². The Bertz CT molecular complexity index is 1010. The van der Waals surface area contributed by atoms with E-state index in [1.54, 1.807) is 19.1 Å². The fraction of sp³-hybridized carbons (Fsp3) is 0.286. The molecule has 0 aliphatic heterocycles. The van der Waals surface area contributed by atoms with Gasteiger partial charge in [-0.15, -0.1) is 6.42 Å². The number of aromatic nitrogens is 2. The van der Waals surface area contributed by atoms with E-state index in [9.17, 15) is 19.2 Å². The summed E-state index contributed by atoms with van der Waals surface area (Å²) in [5.41, 5.74) is 0.0323. The van der Waals surface area contributed by atoms with Crippen LogP contribution in [0.3, 0.4) is 0 Å². The summed E-state index contributed by atoms with van der Waals surface area (Å²) >= 11 is 0. The minimum absolute atomic E-state index is 0.0289. The number of esters is 1. The van der Waals surface area contributed by atoms with E-state index in [0.717, 1.165) is 15.0 Å². The fourth-order valence-electron chi connectivity index (χ4n) is 2.43. The molecule has 162 valence electrons. The van der Waals surface area contributed by atoms with E-state index >= 15 is 0 Å². The maximum Gasteiger partial charge on any atom is 0.413 e. The summed E-state index contributed by atoms with van der Waals surface area (Å²) in [4.78, 5) is 52.9. The molecule has 0 spiro atoms. The second-order valence-corrected chi connectivity index (χ2v) is 6.17. The number of ether oxygens (including phenoxy) is 2. The van der Waals surface area contributed by atoms with Gasteiger partial charge in [0.2, 0.25) is 5.91 Å². The summed E-state index contributed by atoms with van der Waals surface area (Å²) in [5, 5.41) is 2.35. The van der Waals surface area contributed by atoms with Gasteiger partial charge in [0.1, 0.15) is 25.5 Å². The van der Waals surface area contributed by atoms with Gasteiger partial charge in [-0.25, -0.2) is 9.59 Å². The Morgan fingerprint density at radius 1 is 1.19 bits per heavy atom. The summed E-state index contributed by atoms with van der Waals surface area (Å²) in [7, 11) is 0. The van der Waals surface area contributed by atoms with Crippen molar-refractivity contribution >= 4 is 23.8 Å². The van der Waals surface area contributed by atoms with Gasteiger partial charge in [0.05, 0.1) is 13.2 Å². The molecule has 10 heteroatoms. The predicted molar refractivity (Wildman–Crippen MR) is 111 cm³/mol. The Hall–Kier alpha value is -4.13. The van der Waals surface area contributed by atoms with Crippen molar-refractivity contribution in [1.82, 2.24) is 14.5 Å². The van der Waals surface area contributed by atoms with Crippen molar-refractivity contribution in [3.05, 3.63) is 58.6 Å². The molecule has 0 aliphatic carbocycles. The molecule has 0 saturated heterocycles. The number of amides is 2. The van der Waals surface area contributed by atoms with Crippen LogP contribution in [0.1, 0.15) is 12.5 Å². The van der Waals surface area contributed by atoms with Crippen molar-refractivity contribution in [2.24, 2.45) is 0 Å². The van der Waals surface area contributed by atoms with Crippen molar-refractivity contribution in [3.63, 3.8) is 0 Å². The van der Waals surface area contributed by atoms with Crippen molar-refractivity contribution in [2.45, 2.75) is 20.1 Å². The summed E-state index contributed by atoms with van der Waals surface area (Å²) in [6.07, 6.45) is 5.75. The predicted octanol–water partition coefficient (Wildman–Crippen LogP) is 1.02. The number of anilines is 1. The topological polar surface area (TPSA) is 120 Å². The maximum atomic E-state index is 12.4. The lowest BCUT2D eigenvalue weighted by Gasteiger charge is -2.19. The van der Waals surface area contributed by atoms with Gasteiger partial charge in [-0.05, 0) is 18.6 Å². The SMILES string of the molecule is C#CCN(CC(=O)OCC)C(=O)Cn1ccc(NC(=O)OCc2ccccc2)nc1=O. The van der Waals surface area contributed by atoms with Crippen LogP contribution < -0.4 is 11.0 Å². The molecule has 1 aromatic carbocycles. The molecule has 2 rings (SSSR count). The second-order valence-electron chi connectivity index (χ2n) is 6.17. The van der Waals surface area contributed by atoms with Crippen LogP contribution in [-0.2, 0) is 32.2 Å². The van der Waals surface area contributed by atoms with Gasteiger partial charge in [-0.3, -0.25) is 19.5 Å². The first-order valence-electron chi connectivity index (χ1n) is 9.35. The number of benzene rings is 1. The molecule has 0 atom stereocenters. The molecule has 1 aromatic heterocycles. The van der Waals surface area contributed by atoms with Crippen LogP contribution in [0.25, 0.3) is 0 Å². The Morgan fingerprint density at radius 3 is 2.58 bits per heavy atom. The van der Waals surface area contributed by atoms with Crippen LogP contribution in [0.4, 0.5) is 10.6 Å². The zero-order valence-corrected chi connectivity index (χ0v) is 16.9. The summed E-state index contributed by atoms with van der Waals surface area (Å²) < 4.78 is 10.9. The normalized spacial score (nSPS) is 9.94. The molecule has 1 heterocycles. The molecule has 1 N–H and O–H groups in total. The van der Waals surface area contributed by atoms with Gasteiger partial charge in [0.25, 0.3) is 0 Å². The van der Waals surface area contributed by atoms with Crippen LogP contribution in [0.2, 0.25) is 0 Å². The molecule has 0 aliphatic rings. The van der Waals surface area contributed by atoms with E-state index in [1.165, 1.54) is 12.3 Å². The maximum absolute atomic E-state index is 12.4. The lowest BCUT2D eigenvalue weighted by Crippen LogP contribution is -2.40.